The van der Waals surface area contributed by atoms with E-state index in [2.05, 4.69) is 47.4 Å². The van der Waals surface area contributed by atoms with E-state index in [1.807, 2.05) is 55.4 Å². The third-order valence-corrected chi connectivity index (χ3v) is 16.4. The van der Waals surface area contributed by atoms with Crippen LogP contribution in [0.2, 0.25) is 0 Å². The van der Waals surface area contributed by atoms with Gasteiger partial charge in [-0.15, -0.1) is 0 Å². The van der Waals surface area contributed by atoms with E-state index in [1.54, 1.807) is 20.8 Å². The Hall–Kier alpha value is -3.46. The normalized spacial score (nSPS) is 31.4. The summed E-state index contributed by atoms with van der Waals surface area (Å²) in [5, 5.41) is 48.2. The van der Waals surface area contributed by atoms with Crippen LogP contribution in [0.25, 0.3) is 0 Å². The Kier molecular flexibility index (Phi) is 19.9. The number of ether oxygens (including phenoxy) is 1. The maximum absolute atomic E-state index is 14.3. The molecule has 15 atom stereocenters. The van der Waals surface area contributed by atoms with Crippen molar-refractivity contribution in [2.45, 2.75) is 228 Å². The summed E-state index contributed by atoms with van der Waals surface area (Å²) in [6.45, 7) is 27.4. The summed E-state index contributed by atoms with van der Waals surface area (Å²) < 4.78 is 5.42. The van der Waals surface area contributed by atoms with Gasteiger partial charge in [0.15, 0.2) is 0 Å². The lowest BCUT2D eigenvalue weighted by molar-refractivity contribution is -0.202. The van der Waals surface area contributed by atoms with Crippen molar-refractivity contribution in [3.63, 3.8) is 0 Å². The molecule has 0 radical (unpaired) electrons. The van der Waals surface area contributed by atoms with E-state index >= 15 is 0 Å². The Bertz CT molecular complexity index is 1750. The number of amides is 5. The molecule has 0 aromatic rings. The third kappa shape index (κ3) is 14.6. The highest BCUT2D eigenvalue weighted by Crippen LogP contribution is 2.68. The monoisotopic (exact) mass is 960 g/mol. The number of carbonyl (C=O) groups excluding carboxylic acids is 5. The summed E-state index contributed by atoms with van der Waals surface area (Å²) in [5.41, 5.74) is -1.29. The Morgan fingerprint density at radius 1 is 0.632 bits per heavy atom. The Balaban J connectivity index is 1.45. The topological polar surface area (TPSA) is 232 Å². The summed E-state index contributed by atoms with van der Waals surface area (Å²) in [6.07, 6.45) is 5.42. The third-order valence-electron chi connectivity index (χ3n) is 16.4. The largest absolute Gasteiger partial charge is 0.481 e. The number of hydrogen-bond donors (Lipinski definition) is 8. The molecule has 8 unspecified atom stereocenters. The molecule has 4 fully saturated rings. The predicted octanol–water partition coefficient (Wildman–Crippen LogP) is 7.10. The van der Waals surface area contributed by atoms with Gasteiger partial charge in [0.25, 0.3) is 0 Å². The fourth-order valence-electron chi connectivity index (χ4n) is 13.2. The van der Waals surface area contributed by atoms with Gasteiger partial charge in [0.2, 0.25) is 23.6 Å². The molecule has 4 aliphatic rings. The fourth-order valence-corrected chi connectivity index (χ4v) is 13.2. The van der Waals surface area contributed by atoms with Crippen LogP contribution < -0.4 is 26.6 Å². The van der Waals surface area contributed by atoms with Gasteiger partial charge in [0.1, 0.15) is 29.8 Å². The van der Waals surface area contributed by atoms with E-state index < -0.39 is 71.8 Å². The Morgan fingerprint density at radius 2 is 1.10 bits per heavy atom. The summed E-state index contributed by atoms with van der Waals surface area (Å²) in [6, 6.07) is -4.00. The number of carbonyl (C=O) groups is 6. The minimum absolute atomic E-state index is 0.00139. The highest BCUT2D eigenvalue weighted by atomic mass is 16.6. The first kappa shape index (κ1) is 57.1. The minimum Gasteiger partial charge on any atom is -0.481 e. The number of hydrogen-bond acceptors (Lipinski definition) is 9. The quantitative estimate of drug-likeness (QED) is 0.0581. The standard InChI is InChI=1S/C53H93N5O10/c1-28(2)21-38(55-47(64)39(22-29(3)4)56-48(65)40(23-30(5)6)57-49(66)41(24-31(7)8)58-50(67)68-51(10,11)12)46(63)54-34-19-20-52(13)33(25-34)26-42(59)45-36-17-16-35(32(9)15-18-44(61)62)53(36,14)43(60)27-37(45)52/h28-43,45,59-60H,15-27H2,1-14H3,(H,54,63)(H,55,64)(H,56,65)(H,57,66)(H,58,67)(H,61,62)/t32?,33-,34-,35+,36?,37?,38?,39?,40?,41?,42+,43-,45?,52-,53+/m0/s1. The number of aliphatic carboxylic acids is 1. The smallest absolute Gasteiger partial charge is 0.408 e. The van der Waals surface area contributed by atoms with Crippen LogP contribution >= 0.6 is 0 Å². The van der Waals surface area contributed by atoms with Crippen LogP contribution in [-0.4, -0.2) is 99.0 Å². The molecule has 8 N–H and O–H groups in total. The zero-order chi connectivity index (χ0) is 51.2. The fraction of sp³-hybridized carbons (Fsp3) is 0.887. The predicted molar refractivity (Wildman–Crippen MR) is 263 cm³/mol. The number of carboxylic acid groups (broad SMARTS) is 1. The second-order valence-corrected chi connectivity index (χ2v) is 24.9. The van der Waals surface area contributed by atoms with Gasteiger partial charge in [-0.25, -0.2) is 4.79 Å². The molecule has 15 heteroatoms. The Labute approximate surface area is 408 Å². The summed E-state index contributed by atoms with van der Waals surface area (Å²) in [4.78, 5) is 80.5. The first-order valence-corrected chi connectivity index (χ1v) is 26.2. The van der Waals surface area contributed by atoms with Gasteiger partial charge >= 0.3 is 12.1 Å². The number of carboxylic acids is 1. The van der Waals surface area contributed by atoms with Gasteiger partial charge in [-0.2, -0.15) is 0 Å². The van der Waals surface area contributed by atoms with Crippen molar-refractivity contribution >= 4 is 35.7 Å². The lowest BCUT2D eigenvalue weighted by atomic mass is 9.43. The van der Waals surface area contributed by atoms with E-state index in [0.717, 1.165) is 25.7 Å². The maximum Gasteiger partial charge on any atom is 0.408 e. The van der Waals surface area contributed by atoms with Gasteiger partial charge in [-0.1, -0.05) is 76.2 Å². The second-order valence-electron chi connectivity index (χ2n) is 24.9. The van der Waals surface area contributed by atoms with Crippen molar-refractivity contribution in [3.05, 3.63) is 0 Å². The molecule has 0 aliphatic heterocycles. The molecular formula is C53H93N5O10. The van der Waals surface area contributed by atoms with E-state index in [0.29, 0.717) is 44.9 Å². The van der Waals surface area contributed by atoms with Gasteiger partial charge < -0.3 is 46.6 Å². The molecular weight excluding hydrogens is 867 g/mol. The van der Waals surface area contributed by atoms with Crippen molar-refractivity contribution in [3.8, 4) is 0 Å². The van der Waals surface area contributed by atoms with Gasteiger partial charge in [0.05, 0.1) is 12.2 Å². The lowest BCUT2D eigenvalue weighted by Crippen LogP contribution is -2.63. The molecule has 4 saturated carbocycles. The molecule has 0 bridgehead atoms. The van der Waals surface area contributed by atoms with Crippen LogP contribution in [0.15, 0.2) is 0 Å². The average Bonchev–Trinajstić information content (AvgIpc) is 3.56. The van der Waals surface area contributed by atoms with Crippen molar-refractivity contribution in [2.75, 3.05) is 0 Å². The van der Waals surface area contributed by atoms with Crippen molar-refractivity contribution in [1.29, 1.82) is 0 Å². The molecule has 15 nitrogen and oxygen atoms in total. The molecule has 0 spiro atoms. The number of nitrogens with one attached hydrogen (secondary N) is 5. The SMILES string of the molecule is CC(C)CC(NC(=O)OC(C)(C)C)C(=O)NC(CC(C)C)C(=O)NC(CC(C)C)C(=O)NC(CC(C)C)C(=O)N[C@H]1CC[C@]2(C)C3C[C@H](O)[C@@]4(C)C(CC[C@@H]4C(C)CCC(=O)O)C3[C@H](O)C[C@@H]2C1. The molecule has 4 aliphatic carbocycles. The maximum atomic E-state index is 14.3. The lowest BCUT2D eigenvalue weighted by Gasteiger charge is -2.63. The number of rotatable bonds is 21. The molecule has 0 aromatic heterocycles. The molecule has 5 amide bonds. The van der Waals surface area contributed by atoms with Crippen LogP contribution in [0.5, 0.6) is 0 Å². The molecule has 0 saturated heterocycles. The number of aliphatic hydroxyl groups is 2. The van der Waals surface area contributed by atoms with E-state index in [1.165, 1.54) is 0 Å². The van der Waals surface area contributed by atoms with Crippen molar-refractivity contribution in [2.24, 2.45) is 70.0 Å². The molecule has 0 aromatic carbocycles. The Morgan fingerprint density at radius 3 is 1.56 bits per heavy atom. The number of aliphatic hydroxyl groups excluding tert-OH is 2. The second kappa shape index (κ2) is 23.6. The van der Waals surface area contributed by atoms with Crippen LogP contribution in [0, 0.1) is 70.0 Å². The summed E-state index contributed by atoms with van der Waals surface area (Å²) in [5.74, 6) is -1.74. The minimum atomic E-state index is -1.00. The average molecular weight is 960 g/mol. The summed E-state index contributed by atoms with van der Waals surface area (Å²) >= 11 is 0. The van der Waals surface area contributed by atoms with Crippen molar-refractivity contribution in [1.82, 2.24) is 26.6 Å². The summed E-state index contributed by atoms with van der Waals surface area (Å²) in [7, 11) is 0. The van der Waals surface area contributed by atoms with E-state index in [9.17, 15) is 44.1 Å². The zero-order valence-electron chi connectivity index (χ0n) is 44.2. The first-order chi connectivity index (χ1) is 31.5. The molecule has 4 rings (SSSR count). The van der Waals surface area contributed by atoms with Crippen LogP contribution in [0.1, 0.15) is 180 Å². The van der Waals surface area contributed by atoms with Crippen LogP contribution in [0.3, 0.4) is 0 Å². The number of fused-ring (bicyclic) bond motifs is 5. The van der Waals surface area contributed by atoms with Crippen LogP contribution in [-0.2, 0) is 28.7 Å². The van der Waals surface area contributed by atoms with Gasteiger partial charge in [-0.05, 0) is 168 Å². The zero-order valence-corrected chi connectivity index (χ0v) is 44.2. The van der Waals surface area contributed by atoms with Gasteiger partial charge in [-0.3, -0.25) is 24.0 Å². The van der Waals surface area contributed by atoms with E-state index in [-0.39, 0.29) is 94.8 Å². The molecule has 390 valence electrons. The molecule has 0 heterocycles. The highest BCUT2D eigenvalue weighted by molar-refractivity contribution is 5.95. The van der Waals surface area contributed by atoms with E-state index in [4.69, 9.17) is 4.74 Å². The first-order valence-electron chi connectivity index (χ1n) is 26.2. The van der Waals surface area contributed by atoms with Crippen molar-refractivity contribution < 1.29 is 48.8 Å². The number of alkyl carbamates (subject to hydrolysis) is 1. The van der Waals surface area contributed by atoms with Crippen LogP contribution in [0.4, 0.5) is 4.79 Å². The highest BCUT2D eigenvalue weighted by Gasteiger charge is 2.66. The molecule has 68 heavy (non-hydrogen) atoms. The van der Waals surface area contributed by atoms with Gasteiger partial charge in [0, 0.05) is 12.5 Å².